The average molecular weight is 490 g/mol. The maximum atomic E-state index is 14.8. The largest absolute Gasteiger partial charge is 0.477 e. The highest BCUT2D eigenvalue weighted by Gasteiger charge is 2.65. The summed E-state index contributed by atoms with van der Waals surface area (Å²) in [5.74, 6) is -6.21. The Kier molecular flexibility index (Phi) is 4.71. The van der Waals surface area contributed by atoms with Gasteiger partial charge in [-0.3, -0.25) is 0 Å². The summed E-state index contributed by atoms with van der Waals surface area (Å²) >= 11 is 1.94. The first kappa shape index (κ1) is 19.1. The number of esters is 1. The average Bonchev–Trinajstić information content (AvgIpc) is 2.58. The Morgan fingerprint density at radius 3 is 2.11 bits per heavy atom. The summed E-state index contributed by atoms with van der Waals surface area (Å²) in [5.41, 5.74) is -0.749. The summed E-state index contributed by atoms with van der Waals surface area (Å²) in [5, 5.41) is 9.21. The van der Waals surface area contributed by atoms with Crippen LogP contribution < -0.4 is 0 Å². The van der Waals surface area contributed by atoms with Crippen molar-refractivity contribution in [2.75, 3.05) is 0 Å². The van der Waals surface area contributed by atoms with E-state index in [0.717, 1.165) is 19.3 Å². The Morgan fingerprint density at radius 1 is 1.11 bits per heavy atom. The zero-order valence-electron chi connectivity index (χ0n) is 14.7. The monoisotopic (exact) mass is 490 g/mol. The molecular weight excluding hydrogens is 469 g/mol. The molecule has 4 fully saturated rings. The molecule has 4 bridgehead atoms. The molecule has 1 atom stereocenters. The van der Waals surface area contributed by atoms with Gasteiger partial charge in [-0.15, -0.1) is 0 Å². The zero-order valence-corrected chi connectivity index (χ0v) is 16.8. The lowest BCUT2D eigenvalue weighted by Crippen LogP contribution is -2.60. The molecule has 4 nitrogen and oxygen atoms in total. The summed E-state index contributed by atoms with van der Waals surface area (Å²) in [7, 11) is 0. The van der Waals surface area contributed by atoms with Gasteiger partial charge < -0.3 is 9.84 Å². The number of aliphatic carboxylic acids is 1. The number of carboxylic acids is 1. The van der Waals surface area contributed by atoms with Gasteiger partial charge in [0.05, 0.1) is 5.56 Å². The molecule has 4 aliphatic carbocycles. The van der Waals surface area contributed by atoms with Crippen molar-refractivity contribution in [3.05, 3.63) is 33.4 Å². The highest BCUT2D eigenvalue weighted by atomic mass is 127. The standard InChI is InChI=1S/C20H21F2IO4/c21-20(22,18(25)26)17(27-16(24)14-3-1-2-4-15(14)23)19-8-11-5-12(9-19)7-13(6-11)10-19/h1-4,11-13,17H,5-10H2,(H,25,26). The van der Waals surface area contributed by atoms with Crippen molar-refractivity contribution in [2.45, 2.75) is 50.6 Å². The summed E-state index contributed by atoms with van der Waals surface area (Å²) in [4.78, 5) is 24.1. The smallest absolute Gasteiger partial charge is 0.379 e. The minimum atomic E-state index is -4.11. The van der Waals surface area contributed by atoms with Crippen LogP contribution in [0.5, 0.6) is 0 Å². The molecule has 1 aromatic carbocycles. The molecule has 5 rings (SSSR count). The summed E-state index contributed by atoms with van der Waals surface area (Å²) in [6.45, 7) is 0. The Balaban J connectivity index is 1.69. The Hall–Kier alpha value is -1.25. The van der Waals surface area contributed by atoms with E-state index in [4.69, 9.17) is 4.74 Å². The van der Waals surface area contributed by atoms with Gasteiger partial charge >= 0.3 is 17.9 Å². The maximum absolute atomic E-state index is 14.8. The second-order valence-electron chi connectivity index (χ2n) is 8.47. The highest BCUT2D eigenvalue weighted by Crippen LogP contribution is 2.63. The lowest BCUT2D eigenvalue weighted by Gasteiger charge is -2.59. The van der Waals surface area contributed by atoms with Gasteiger partial charge in [0.2, 0.25) is 0 Å². The lowest BCUT2D eigenvalue weighted by molar-refractivity contribution is -0.221. The predicted octanol–water partition coefficient (Wildman–Crippen LogP) is 4.75. The number of hydrogen-bond donors (Lipinski definition) is 1. The molecule has 1 aromatic rings. The second kappa shape index (κ2) is 6.67. The molecule has 4 aliphatic rings. The van der Waals surface area contributed by atoms with E-state index in [-0.39, 0.29) is 5.56 Å². The highest BCUT2D eigenvalue weighted by molar-refractivity contribution is 14.1. The van der Waals surface area contributed by atoms with Crippen molar-refractivity contribution >= 4 is 34.5 Å². The number of carbonyl (C=O) groups is 2. The van der Waals surface area contributed by atoms with Gasteiger partial charge in [0.25, 0.3) is 0 Å². The van der Waals surface area contributed by atoms with E-state index >= 15 is 0 Å². The van der Waals surface area contributed by atoms with E-state index in [1.54, 1.807) is 18.2 Å². The fraction of sp³-hybridized carbons (Fsp3) is 0.600. The van der Waals surface area contributed by atoms with E-state index < -0.39 is 29.4 Å². The number of hydrogen-bond acceptors (Lipinski definition) is 3. The first-order valence-corrected chi connectivity index (χ1v) is 10.4. The maximum Gasteiger partial charge on any atom is 0.379 e. The van der Waals surface area contributed by atoms with Crippen LogP contribution in [0.2, 0.25) is 0 Å². The number of ether oxygens (including phenoxy) is 1. The third-order valence-corrected chi connectivity index (χ3v) is 7.52. The second-order valence-corrected chi connectivity index (χ2v) is 9.64. The van der Waals surface area contributed by atoms with Crippen LogP contribution in [0, 0.1) is 26.7 Å². The minimum Gasteiger partial charge on any atom is -0.477 e. The predicted molar refractivity (Wildman–Crippen MR) is 102 cm³/mol. The zero-order chi connectivity index (χ0) is 19.4. The van der Waals surface area contributed by atoms with E-state index in [2.05, 4.69) is 0 Å². The van der Waals surface area contributed by atoms with Gasteiger partial charge in [0.15, 0.2) is 6.10 Å². The van der Waals surface area contributed by atoms with Crippen LogP contribution in [0.3, 0.4) is 0 Å². The Morgan fingerprint density at radius 2 is 1.63 bits per heavy atom. The van der Waals surface area contributed by atoms with E-state index in [1.807, 2.05) is 22.6 Å². The Bertz CT molecular complexity index is 744. The number of carboxylic acid groups (broad SMARTS) is 1. The van der Waals surface area contributed by atoms with Crippen LogP contribution >= 0.6 is 22.6 Å². The topological polar surface area (TPSA) is 63.6 Å². The number of carbonyl (C=O) groups excluding carboxylic acids is 1. The van der Waals surface area contributed by atoms with Gasteiger partial charge in [0, 0.05) is 8.99 Å². The van der Waals surface area contributed by atoms with Crippen molar-refractivity contribution in [1.29, 1.82) is 0 Å². The quantitative estimate of drug-likeness (QED) is 0.478. The first-order chi connectivity index (χ1) is 12.7. The first-order valence-electron chi connectivity index (χ1n) is 9.28. The molecule has 7 heteroatoms. The molecule has 27 heavy (non-hydrogen) atoms. The third kappa shape index (κ3) is 3.25. The number of benzene rings is 1. The molecule has 4 saturated carbocycles. The fourth-order valence-corrected chi connectivity index (χ4v) is 6.60. The molecule has 0 radical (unpaired) electrons. The van der Waals surface area contributed by atoms with E-state index in [1.165, 1.54) is 6.07 Å². The van der Waals surface area contributed by atoms with E-state index in [9.17, 15) is 23.5 Å². The molecule has 0 aliphatic heterocycles. The molecule has 0 saturated heterocycles. The normalized spacial score (nSPS) is 32.9. The number of rotatable bonds is 5. The number of alkyl halides is 2. The molecule has 0 heterocycles. The number of halogens is 3. The lowest BCUT2D eigenvalue weighted by atomic mass is 9.47. The van der Waals surface area contributed by atoms with Gasteiger partial charge in [0.1, 0.15) is 0 Å². The summed E-state index contributed by atoms with van der Waals surface area (Å²) in [6, 6.07) is 6.57. The van der Waals surface area contributed by atoms with Crippen LogP contribution in [0.1, 0.15) is 48.9 Å². The van der Waals surface area contributed by atoms with Gasteiger partial charge in [-0.1, -0.05) is 12.1 Å². The van der Waals surface area contributed by atoms with Crippen LogP contribution in [0.4, 0.5) is 8.78 Å². The van der Waals surface area contributed by atoms with Crippen molar-refractivity contribution in [2.24, 2.45) is 23.2 Å². The summed E-state index contributed by atoms with van der Waals surface area (Å²) in [6.07, 6.45) is 2.70. The van der Waals surface area contributed by atoms with Crippen molar-refractivity contribution in [3.8, 4) is 0 Å². The summed E-state index contributed by atoms with van der Waals surface area (Å²) < 4.78 is 35.6. The van der Waals surface area contributed by atoms with Crippen molar-refractivity contribution in [1.82, 2.24) is 0 Å². The molecular formula is C20H21F2IO4. The van der Waals surface area contributed by atoms with Gasteiger partial charge in [-0.25, -0.2) is 9.59 Å². The van der Waals surface area contributed by atoms with Crippen molar-refractivity contribution < 1.29 is 28.2 Å². The van der Waals surface area contributed by atoms with Crippen LogP contribution in [0.25, 0.3) is 0 Å². The molecule has 0 amide bonds. The van der Waals surface area contributed by atoms with E-state index in [0.29, 0.717) is 40.6 Å². The van der Waals surface area contributed by atoms with Gasteiger partial charge in [-0.05, 0) is 91.0 Å². The SMILES string of the molecule is O=C(OC(C12CC3CC(CC(C3)C1)C2)C(F)(F)C(=O)O)c1ccccc1I. The van der Waals surface area contributed by atoms with Crippen LogP contribution in [-0.2, 0) is 9.53 Å². The van der Waals surface area contributed by atoms with Crippen molar-refractivity contribution in [3.63, 3.8) is 0 Å². The van der Waals surface area contributed by atoms with Crippen LogP contribution in [-0.4, -0.2) is 29.1 Å². The molecule has 0 aromatic heterocycles. The fourth-order valence-electron chi connectivity index (χ4n) is 5.99. The van der Waals surface area contributed by atoms with Gasteiger partial charge in [-0.2, -0.15) is 8.78 Å². The minimum absolute atomic E-state index is 0.189. The Labute approximate surface area is 169 Å². The third-order valence-electron chi connectivity index (χ3n) is 6.57. The molecule has 0 spiro atoms. The van der Waals surface area contributed by atoms with Crippen LogP contribution in [0.15, 0.2) is 24.3 Å². The molecule has 1 N–H and O–H groups in total. The molecule has 1 unspecified atom stereocenters. The molecule has 146 valence electrons.